The van der Waals surface area contributed by atoms with Gasteiger partial charge in [0.1, 0.15) is 0 Å². The van der Waals surface area contributed by atoms with Gasteiger partial charge in [-0.3, -0.25) is 0 Å². The molecule has 2 N–H and O–H groups in total. The summed E-state index contributed by atoms with van der Waals surface area (Å²) in [6.07, 6.45) is 17.2. The van der Waals surface area contributed by atoms with Crippen molar-refractivity contribution in [2.75, 3.05) is 0 Å². The maximum Gasteiger partial charge on any atom is 0.0577 e. The van der Waals surface area contributed by atoms with Crippen molar-refractivity contribution in [1.29, 1.82) is 0 Å². The molecule has 0 saturated heterocycles. The number of hydrogen-bond donors (Lipinski definition) is 2. The van der Waals surface area contributed by atoms with Gasteiger partial charge in [-0.2, -0.15) is 0 Å². The number of hydrogen-bond acceptors (Lipinski definition) is 3. The fourth-order valence-corrected chi connectivity index (χ4v) is 8.67. The van der Waals surface area contributed by atoms with Crippen LogP contribution < -0.4 is 5.26 Å². The van der Waals surface area contributed by atoms with Crippen LogP contribution in [0.2, 0.25) is 0 Å². The van der Waals surface area contributed by atoms with Crippen LogP contribution in [0.25, 0.3) is 0 Å². The van der Waals surface area contributed by atoms with Gasteiger partial charge < -0.3 is 15.6 Å². The summed E-state index contributed by atoms with van der Waals surface area (Å²) < 4.78 is 0. The fourth-order valence-electron chi connectivity index (χ4n) is 8.67. The first-order chi connectivity index (χ1) is 14.3. The van der Waals surface area contributed by atoms with Gasteiger partial charge in [0.05, 0.1) is 6.10 Å². The second kappa shape index (κ2) is 9.63. The second-order valence-electron chi connectivity index (χ2n) is 12.2. The Morgan fingerprint density at radius 3 is 2.43 bits per heavy atom. The van der Waals surface area contributed by atoms with Crippen LogP contribution in [0.5, 0.6) is 0 Å². The molecule has 0 aliphatic heterocycles. The van der Waals surface area contributed by atoms with Crippen LogP contribution in [0.4, 0.5) is 0 Å². The van der Waals surface area contributed by atoms with E-state index in [1.54, 1.807) is 5.57 Å². The lowest BCUT2D eigenvalue weighted by atomic mass is 9.47. The molecule has 4 aliphatic carbocycles. The van der Waals surface area contributed by atoms with Gasteiger partial charge in [-0.25, -0.2) is 0 Å². The molecule has 8 atom stereocenters. The van der Waals surface area contributed by atoms with Crippen LogP contribution in [0.1, 0.15) is 105 Å². The smallest absolute Gasteiger partial charge is 0.0577 e. The molecule has 174 valence electrons. The predicted octanol–water partition coefficient (Wildman–Crippen LogP) is 6.21. The van der Waals surface area contributed by atoms with Crippen LogP contribution >= 0.6 is 0 Å². The van der Waals surface area contributed by atoms with Crippen molar-refractivity contribution in [3.05, 3.63) is 11.6 Å². The van der Waals surface area contributed by atoms with Gasteiger partial charge in [0.2, 0.25) is 0 Å². The molecular formula is C27H47O3-. The summed E-state index contributed by atoms with van der Waals surface area (Å²) >= 11 is 0. The molecule has 30 heavy (non-hydrogen) atoms. The van der Waals surface area contributed by atoms with E-state index in [0.717, 1.165) is 48.3 Å². The zero-order chi connectivity index (χ0) is 22.1. The van der Waals surface area contributed by atoms with Crippen molar-refractivity contribution in [2.45, 2.75) is 111 Å². The summed E-state index contributed by atoms with van der Waals surface area (Å²) in [6, 6.07) is 0. The van der Waals surface area contributed by atoms with Crippen molar-refractivity contribution >= 4 is 0 Å². The summed E-state index contributed by atoms with van der Waals surface area (Å²) in [4.78, 5) is 0. The van der Waals surface area contributed by atoms with Crippen molar-refractivity contribution in [2.24, 2.45) is 46.3 Å². The lowest BCUT2D eigenvalue weighted by Gasteiger charge is -2.58. The number of allylic oxidation sites excluding steroid dienone is 1. The largest absolute Gasteiger partial charge is 0.727 e. The van der Waals surface area contributed by atoms with Crippen LogP contribution in [-0.4, -0.2) is 16.5 Å². The van der Waals surface area contributed by atoms with E-state index in [-0.39, 0.29) is 6.10 Å². The Morgan fingerprint density at radius 1 is 1.00 bits per heavy atom. The highest BCUT2D eigenvalue weighted by Gasteiger charge is 2.59. The van der Waals surface area contributed by atoms with E-state index >= 15 is 0 Å². The molecule has 3 fully saturated rings. The normalized spacial score (nSPS) is 43.6. The molecule has 3 nitrogen and oxygen atoms in total. The minimum absolute atomic E-state index is 0.0766. The van der Waals surface area contributed by atoms with E-state index in [4.69, 9.17) is 10.5 Å². The average molecular weight is 420 g/mol. The van der Waals surface area contributed by atoms with Crippen molar-refractivity contribution in [3.63, 3.8) is 0 Å². The fraction of sp³-hybridized carbons (Fsp3) is 0.926. The molecule has 0 bridgehead atoms. The lowest BCUT2D eigenvalue weighted by Crippen LogP contribution is -2.50. The van der Waals surface area contributed by atoms with E-state index in [2.05, 4.69) is 40.7 Å². The third-order valence-electron chi connectivity index (χ3n) is 10.3. The van der Waals surface area contributed by atoms with Gasteiger partial charge in [0, 0.05) is 0 Å². The minimum Gasteiger partial charge on any atom is -0.727 e. The average Bonchev–Trinajstić information content (AvgIpc) is 3.07. The number of aliphatic hydroxyl groups is 1. The molecule has 8 unspecified atom stereocenters. The van der Waals surface area contributed by atoms with Gasteiger partial charge in [0.25, 0.3) is 0 Å². The zero-order valence-electron chi connectivity index (χ0n) is 20.2. The molecule has 3 saturated carbocycles. The van der Waals surface area contributed by atoms with E-state index in [1.807, 2.05) is 0 Å². The molecule has 3 heteroatoms. The highest BCUT2D eigenvalue weighted by molar-refractivity contribution is 5.25. The van der Waals surface area contributed by atoms with Crippen molar-refractivity contribution < 1.29 is 15.6 Å². The Labute approximate surface area is 185 Å². The number of rotatable bonds is 5. The van der Waals surface area contributed by atoms with Gasteiger partial charge in [-0.05, 0) is 97.7 Å². The third kappa shape index (κ3) is 4.28. The molecule has 0 aromatic rings. The van der Waals surface area contributed by atoms with Crippen LogP contribution in [0.3, 0.4) is 0 Å². The Bertz CT molecular complexity index is 599. The summed E-state index contributed by atoms with van der Waals surface area (Å²) in [5.74, 6) is 5.46. The summed E-state index contributed by atoms with van der Waals surface area (Å²) in [5, 5.41) is 23.2. The quantitative estimate of drug-likeness (QED) is 0.316. The number of fused-ring (bicyclic) bond motifs is 5. The summed E-state index contributed by atoms with van der Waals surface area (Å²) in [5.41, 5.74) is 2.60. The maximum absolute atomic E-state index is 10.2. The molecule has 0 amide bonds. The Kier molecular flexibility index (Phi) is 7.79. The SMILES string of the molecule is CC(C)CCCC(C)C1CCC2C3CC=C4CC(O)CCC4(C)C3CCC12C.[O-]O. The van der Waals surface area contributed by atoms with E-state index in [1.165, 1.54) is 57.8 Å². The molecule has 0 aromatic heterocycles. The topological polar surface area (TPSA) is 63.5 Å². The molecular weight excluding hydrogens is 372 g/mol. The molecule has 4 aliphatic rings. The summed E-state index contributed by atoms with van der Waals surface area (Å²) in [6.45, 7) is 12.6. The highest BCUT2D eigenvalue weighted by Crippen LogP contribution is 2.67. The van der Waals surface area contributed by atoms with Crippen molar-refractivity contribution in [3.8, 4) is 0 Å². The van der Waals surface area contributed by atoms with E-state index < -0.39 is 0 Å². The zero-order valence-corrected chi connectivity index (χ0v) is 20.2. The van der Waals surface area contributed by atoms with Crippen LogP contribution in [0.15, 0.2) is 11.6 Å². The van der Waals surface area contributed by atoms with E-state index in [0.29, 0.717) is 10.8 Å². The minimum atomic E-state index is -0.0766. The molecule has 0 aromatic carbocycles. The van der Waals surface area contributed by atoms with Crippen molar-refractivity contribution in [1.82, 2.24) is 0 Å². The monoisotopic (exact) mass is 419 g/mol. The van der Waals surface area contributed by atoms with Crippen LogP contribution in [-0.2, 0) is 0 Å². The lowest BCUT2D eigenvalue weighted by molar-refractivity contribution is -0.670. The first kappa shape index (κ1) is 24.3. The third-order valence-corrected chi connectivity index (χ3v) is 10.3. The molecule has 0 spiro atoms. The highest BCUT2D eigenvalue weighted by atomic mass is 17.0. The molecule has 0 heterocycles. The molecule has 0 radical (unpaired) electrons. The maximum atomic E-state index is 10.2. The van der Waals surface area contributed by atoms with Gasteiger partial charge in [-0.1, -0.05) is 65.5 Å². The van der Waals surface area contributed by atoms with E-state index in [9.17, 15) is 5.11 Å². The molecule has 4 rings (SSSR count). The second-order valence-corrected chi connectivity index (χ2v) is 12.2. The Hall–Kier alpha value is -0.380. The van der Waals surface area contributed by atoms with Gasteiger partial charge >= 0.3 is 0 Å². The number of aliphatic hydroxyl groups excluding tert-OH is 1. The Balaban J connectivity index is 0.00000124. The van der Waals surface area contributed by atoms with Crippen LogP contribution in [0, 0.1) is 46.3 Å². The first-order valence-electron chi connectivity index (χ1n) is 12.8. The van der Waals surface area contributed by atoms with Gasteiger partial charge in [-0.15, -0.1) is 0 Å². The first-order valence-corrected chi connectivity index (χ1v) is 12.8. The van der Waals surface area contributed by atoms with Gasteiger partial charge in [0.15, 0.2) is 0 Å². The Morgan fingerprint density at radius 2 is 1.73 bits per heavy atom. The predicted molar refractivity (Wildman–Crippen MR) is 122 cm³/mol. The standard InChI is InChI=1S/C27H46O.H2O2/c1-18(2)7-6-8-19(3)23-11-12-24-22-10-9-20-17-21(28)13-15-26(20,4)25(22)14-16-27(23,24)5;1-2/h9,18-19,21-25,28H,6-8,10-17H2,1-5H3;1-2H/p-1. The summed E-state index contributed by atoms with van der Waals surface area (Å²) in [7, 11) is 0.